The zero-order chi connectivity index (χ0) is 13.0. The molecule has 100 valence electrons. The standard InChI is InChI=1S/C13H21N3O2/c1-10(2)16-6-5-14-12(13(16)17)15-8-11-4-3-7-18-9-11/h5-6,10-11H,3-4,7-9H2,1-2H3,(H,14,15). The highest BCUT2D eigenvalue weighted by Gasteiger charge is 2.15. The first-order chi connectivity index (χ1) is 8.68. The van der Waals surface area contributed by atoms with Crippen LogP contribution in [0, 0.1) is 5.92 Å². The third kappa shape index (κ3) is 3.10. The molecule has 1 saturated heterocycles. The number of aromatic nitrogens is 2. The number of hydrogen-bond donors (Lipinski definition) is 1. The first-order valence-electron chi connectivity index (χ1n) is 6.57. The van der Waals surface area contributed by atoms with Crippen LogP contribution >= 0.6 is 0 Å². The molecule has 5 nitrogen and oxygen atoms in total. The van der Waals surface area contributed by atoms with Crippen molar-refractivity contribution >= 4 is 5.82 Å². The van der Waals surface area contributed by atoms with Gasteiger partial charge in [-0.2, -0.15) is 0 Å². The Kier molecular flexibility index (Phi) is 4.36. The molecule has 0 saturated carbocycles. The van der Waals surface area contributed by atoms with Crippen molar-refractivity contribution in [2.45, 2.75) is 32.7 Å². The minimum Gasteiger partial charge on any atom is -0.381 e. The van der Waals surface area contributed by atoms with Crippen LogP contribution < -0.4 is 10.9 Å². The molecule has 1 aromatic rings. The molecular formula is C13H21N3O2. The number of anilines is 1. The topological polar surface area (TPSA) is 56.1 Å². The van der Waals surface area contributed by atoms with Crippen molar-refractivity contribution in [3.05, 3.63) is 22.7 Å². The van der Waals surface area contributed by atoms with E-state index in [4.69, 9.17) is 4.74 Å². The van der Waals surface area contributed by atoms with Gasteiger partial charge in [-0.15, -0.1) is 0 Å². The van der Waals surface area contributed by atoms with E-state index in [1.807, 2.05) is 13.8 Å². The quantitative estimate of drug-likeness (QED) is 0.884. The van der Waals surface area contributed by atoms with Gasteiger partial charge >= 0.3 is 0 Å². The van der Waals surface area contributed by atoms with E-state index < -0.39 is 0 Å². The lowest BCUT2D eigenvalue weighted by atomic mass is 10.0. The Morgan fingerprint density at radius 1 is 1.61 bits per heavy atom. The zero-order valence-corrected chi connectivity index (χ0v) is 11.1. The summed E-state index contributed by atoms with van der Waals surface area (Å²) in [4.78, 5) is 16.2. The Hall–Kier alpha value is -1.36. The van der Waals surface area contributed by atoms with Gasteiger partial charge in [0.2, 0.25) is 0 Å². The number of ether oxygens (including phenoxy) is 1. The fraction of sp³-hybridized carbons (Fsp3) is 0.692. The van der Waals surface area contributed by atoms with Crippen molar-refractivity contribution < 1.29 is 4.74 Å². The van der Waals surface area contributed by atoms with Crippen LogP contribution in [0.25, 0.3) is 0 Å². The lowest BCUT2D eigenvalue weighted by Gasteiger charge is -2.22. The van der Waals surface area contributed by atoms with Crippen LogP contribution in [0.15, 0.2) is 17.2 Å². The second kappa shape index (κ2) is 6.00. The van der Waals surface area contributed by atoms with E-state index in [2.05, 4.69) is 10.3 Å². The van der Waals surface area contributed by atoms with Gasteiger partial charge in [-0.25, -0.2) is 4.98 Å². The maximum atomic E-state index is 12.1. The Balaban J connectivity index is 2.00. The summed E-state index contributed by atoms with van der Waals surface area (Å²) in [6.45, 7) is 6.36. The highest BCUT2D eigenvalue weighted by molar-refractivity contribution is 5.30. The van der Waals surface area contributed by atoms with Crippen LogP contribution in [-0.2, 0) is 4.74 Å². The molecular weight excluding hydrogens is 230 g/mol. The highest BCUT2D eigenvalue weighted by atomic mass is 16.5. The maximum absolute atomic E-state index is 12.1. The predicted octanol–water partition coefficient (Wildman–Crippen LogP) is 1.66. The first-order valence-corrected chi connectivity index (χ1v) is 6.57. The predicted molar refractivity (Wildman–Crippen MR) is 70.9 cm³/mol. The van der Waals surface area contributed by atoms with Crippen molar-refractivity contribution in [3.8, 4) is 0 Å². The van der Waals surface area contributed by atoms with Gasteiger partial charge in [0.05, 0.1) is 6.61 Å². The molecule has 18 heavy (non-hydrogen) atoms. The highest BCUT2D eigenvalue weighted by Crippen LogP contribution is 2.13. The van der Waals surface area contributed by atoms with Crippen molar-refractivity contribution in [3.63, 3.8) is 0 Å². The molecule has 1 aliphatic rings. The second-order valence-corrected chi connectivity index (χ2v) is 5.05. The van der Waals surface area contributed by atoms with Crippen LogP contribution in [0.5, 0.6) is 0 Å². The molecule has 0 radical (unpaired) electrons. The smallest absolute Gasteiger partial charge is 0.293 e. The molecule has 0 aliphatic carbocycles. The molecule has 2 heterocycles. The molecule has 1 fully saturated rings. The number of nitrogens with one attached hydrogen (secondary N) is 1. The minimum atomic E-state index is -0.0516. The van der Waals surface area contributed by atoms with Gasteiger partial charge in [-0.1, -0.05) is 0 Å². The summed E-state index contributed by atoms with van der Waals surface area (Å²) in [5.74, 6) is 0.921. The fourth-order valence-corrected chi connectivity index (χ4v) is 2.16. The largest absolute Gasteiger partial charge is 0.381 e. The van der Waals surface area contributed by atoms with Crippen LogP contribution in [0.4, 0.5) is 5.82 Å². The lowest BCUT2D eigenvalue weighted by Crippen LogP contribution is -2.29. The normalized spacial score (nSPS) is 20.1. The maximum Gasteiger partial charge on any atom is 0.293 e. The number of rotatable bonds is 4. The Bertz CT molecular complexity index is 436. The van der Waals surface area contributed by atoms with Crippen molar-refractivity contribution in [2.75, 3.05) is 25.1 Å². The van der Waals surface area contributed by atoms with Crippen molar-refractivity contribution in [1.82, 2.24) is 9.55 Å². The van der Waals surface area contributed by atoms with E-state index in [-0.39, 0.29) is 11.6 Å². The fourth-order valence-electron chi connectivity index (χ4n) is 2.16. The van der Waals surface area contributed by atoms with Gasteiger partial charge in [0.15, 0.2) is 5.82 Å². The zero-order valence-electron chi connectivity index (χ0n) is 11.1. The monoisotopic (exact) mass is 251 g/mol. The van der Waals surface area contributed by atoms with E-state index in [0.29, 0.717) is 11.7 Å². The summed E-state index contributed by atoms with van der Waals surface area (Å²) >= 11 is 0. The average Bonchev–Trinajstić information content (AvgIpc) is 2.38. The molecule has 2 rings (SSSR count). The minimum absolute atomic E-state index is 0.0516. The Labute approximate surface area is 107 Å². The van der Waals surface area contributed by atoms with Crippen molar-refractivity contribution in [2.24, 2.45) is 5.92 Å². The molecule has 1 aromatic heterocycles. The van der Waals surface area contributed by atoms with E-state index >= 15 is 0 Å². The van der Waals surface area contributed by atoms with Gasteiger partial charge in [0.25, 0.3) is 5.56 Å². The summed E-state index contributed by atoms with van der Waals surface area (Å²) in [6.07, 6.45) is 5.64. The van der Waals surface area contributed by atoms with E-state index in [1.165, 1.54) is 0 Å². The molecule has 0 amide bonds. The molecule has 0 spiro atoms. The molecule has 0 bridgehead atoms. The summed E-state index contributed by atoms with van der Waals surface area (Å²) in [6, 6.07) is 0.152. The van der Waals surface area contributed by atoms with E-state index in [9.17, 15) is 4.79 Å². The Morgan fingerprint density at radius 2 is 2.44 bits per heavy atom. The van der Waals surface area contributed by atoms with Crippen LogP contribution in [0.2, 0.25) is 0 Å². The molecule has 5 heteroatoms. The number of nitrogens with zero attached hydrogens (tertiary/aromatic N) is 2. The third-order valence-electron chi connectivity index (χ3n) is 3.24. The first kappa shape index (κ1) is 13.1. The summed E-state index contributed by atoms with van der Waals surface area (Å²) in [5.41, 5.74) is -0.0516. The van der Waals surface area contributed by atoms with E-state index in [1.54, 1.807) is 17.0 Å². The summed E-state index contributed by atoms with van der Waals surface area (Å²) in [5, 5.41) is 3.15. The lowest BCUT2D eigenvalue weighted by molar-refractivity contribution is 0.0594. The molecule has 1 atom stereocenters. The van der Waals surface area contributed by atoms with Gasteiger partial charge in [-0.3, -0.25) is 4.79 Å². The van der Waals surface area contributed by atoms with Crippen LogP contribution in [0.1, 0.15) is 32.7 Å². The number of hydrogen-bond acceptors (Lipinski definition) is 4. The second-order valence-electron chi connectivity index (χ2n) is 5.05. The van der Waals surface area contributed by atoms with Crippen LogP contribution in [0.3, 0.4) is 0 Å². The molecule has 1 unspecified atom stereocenters. The molecule has 0 aromatic carbocycles. The van der Waals surface area contributed by atoms with E-state index in [0.717, 1.165) is 32.6 Å². The third-order valence-corrected chi connectivity index (χ3v) is 3.24. The Morgan fingerprint density at radius 3 is 3.11 bits per heavy atom. The molecule has 1 aliphatic heterocycles. The van der Waals surface area contributed by atoms with Gasteiger partial charge in [0, 0.05) is 31.6 Å². The van der Waals surface area contributed by atoms with Gasteiger partial charge in [-0.05, 0) is 32.6 Å². The van der Waals surface area contributed by atoms with Gasteiger partial charge < -0.3 is 14.6 Å². The average molecular weight is 251 g/mol. The van der Waals surface area contributed by atoms with Gasteiger partial charge in [0.1, 0.15) is 0 Å². The molecule has 1 N–H and O–H groups in total. The van der Waals surface area contributed by atoms with Crippen molar-refractivity contribution in [1.29, 1.82) is 0 Å². The SMILES string of the molecule is CC(C)n1ccnc(NCC2CCCOC2)c1=O. The van der Waals surface area contributed by atoms with Crippen LogP contribution in [-0.4, -0.2) is 29.3 Å². The summed E-state index contributed by atoms with van der Waals surface area (Å²) < 4.78 is 7.11. The summed E-state index contributed by atoms with van der Waals surface area (Å²) in [7, 11) is 0.